The summed E-state index contributed by atoms with van der Waals surface area (Å²) in [6, 6.07) is -0.398. The van der Waals surface area contributed by atoms with Gasteiger partial charge in [0.25, 0.3) is 0 Å². The molecule has 1 aliphatic carbocycles. The van der Waals surface area contributed by atoms with E-state index >= 15 is 0 Å². The summed E-state index contributed by atoms with van der Waals surface area (Å²) in [4.78, 5) is 21.4. The lowest BCUT2D eigenvalue weighted by Crippen LogP contribution is -2.44. The van der Waals surface area contributed by atoms with Gasteiger partial charge in [-0.05, 0) is 18.8 Å². The Balaban J connectivity index is 2.69. The smallest absolute Gasteiger partial charge is 0.308 e. The van der Waals surface area contributed by atoms with Crippen molar-refractivity contribution in [3.63, 3.8) is 0 Å². The quantitative estimate of drug-likeness (QED) is 0.609. The Morgan fingerprint density at radius 3 is 2.43 bits per heavy atom. The summed E-state index contributed by atoms with van der Waals surface area (Å²) < 4.78 is 0. The van der Waals surface area contributed by atoms with Gasteiger partial charge in [0.2, 0.25) is 0 Å². The Bertz CT molecular complexity index is 241. The molecule has 0 aliphatic heterocycles. The zero-order valence-corrected chi connectivity index (χ0v) is 7.85. The summed E-state index contributed by atoms with van der Waals surface area (Å²) in [6.07, 6.45) is 2.05. The van der Waals surface area contributed by atoms with Gasteiger partial charge in [0.1, 0.15) is 0 Å². The Kier molecular flexibility index (Phi) is 3.46. The highest BCUT2D eigenvalue weighted by atomic mass is 16.4. The molecule has 0 aromatic carbocycles. The lowest BCUT2D eigenvalue weighted by atomic mass is 9.74. The molecule has 14 heavy (non-hydrogen) atoms. The molecule has 0 spiro atoms. The van der Waals surface area contributed by atoms with E-state index < -0.39 is 23.9 Å². The monoisotopic (exact) mass is 201 g/mol. The van der Waals surface area contributed by atoms with Crippen LogP contribution in [-0.4, -0.2) is 28.2 Å². The highest BCUT2D eigenvalue weighted by Crippen LogP contribution is 2.31. The van der Waals surface area contributed by atoms with Crippen molar-refractivity contribution >= 4 is 11.9 Å². The number of carboxylic acid groups (broad SMARTS) is 2. The minimum Gasteiger partial charge on any atom is -0.481 e. The van der Waals surface area contributed by atoms with Gasteiger partial charge in [-0.2, -0.15) is 0 Å². The van der Waals surface area contributed by atoms with Crippen molar-refractivity contribution in [3.05, 3.63) is 0 Å². The van der Waals surface area contributed by atoms with Crippen LogP contribution >= 0.6 is 0 Å². The molecule has 0 bridgehead atoms. The summed E-state index contributed by atoms with van der Waals surface area (Å²) in [7, 11) is 0. The first kappa shape index (κ1) is 11.0. The molecule has 4 N–H and O–H groups in total. The molecule has 0 heterocycles. The lowest BCUT2D eigenvalue weighted by molar-refractivity contribution is -0.147. The largest absolute Gasteiger partial charge is 0.481 e. The van der Waals surface area contributed by atoms with Gasteiger partial charge < -0.3 is 15.9 Å². The van der Waals surface area contributed by atoms with E-state index in [1.165, 1.54) is 0 Å². The number of carbonyl (C=O) groups is 2. The number of hydrogen-bond acceptors (Lipinski definition) is 3. The molecule has 1 aliphatic rings. The minimum absolute atomic E-state index is 0.0926. The van der Waals surface area contributed by atoms with E-state index in [9.17, 15) is 9.59 Å². The molecule has 0 aromatic rings. The van der Waals surface area contributed by atoms with Gasteiger partial charge in [-0.15, -0.1) is 0 Å². The van der Waals surface area contributed by atoms with Crippen LogP contribution in [-0.2, 0) is 9.59 Å². The van der Waals surface area contributed by atoms with E-state index in [2.05, 4.69) is 0 Å². The van der Waals surface area contributed by atoms with Crippen LogP contribution in [0.25, 0.3) is 0 Å². The van der Waals surface area contributed by atoms with Crippen molar-refractivity contribution in [1.29, 1.82) is 0 Å². The fourth-order valence-electron chi connectivity index (χ4n) is 2.16. The third-order valence-electron chi connectivity index (χ3n) is 2.80. The van der Waals surface area contributed by atoms with Crippen molar-refractivity contribution in [2.45, 2.75) is 31.7 Å². The number of carboxylic acids is 2. The molecule has 0 saturated heterocycles. The van der Waals surface area contributed by atoms with E-state index in [0.29, 0.717) is 12.8 Å². The summed E-state index contributed by atoms with van der Waals surface area (Å²) in [5.74, 6) is -2.92. The van der Waals surface area contributed by atoms with Gasteiger partial charge in [0, 0.05) is 12.5 Å². The molecule has 3 atom stereocenters. The molecule has 1 rings (SSSR count). The first-order valence-corrected chi connectivity index (χ1v) is 4.72. The Morgan fingerprint density at radius 1 is 1.29 bits per heavy atom. The second kappa shape index (κ2) is 4.41. The fourth-order valence-corrected chi connectivity index (χ4v) is 2.16. The van der Waals surface area contributed by atoms with Crippen molar-refractivity contribution < 1.29 is 19.8 Å². The lowest BCUT2D eigenvalue weighted by Gasteiger charge is -2.32. The van der Waals surface area contributed by atoms with E-state index in [1.807, 2.05) is 0 Å². The van der Waals surface area contributed by atoms with Gasteiger partial charge in [-0.25, -0.2) is 0 Å². The zero-order chi connectivity index (χ0) is 10.7. The minimum atomic E-state index is -0.969. The van der Waals surface area contributed by atoms with Gasteiger partial charge in [-0.3, -0.25) is 9.59 Å². The summed E-state index contributed by atoms with van der Waals surface area (Å²) in [5.41, 5.74) is 5.67. The van der Waals surface area contributed by atoms with Gasteiger partial charge in [0.05, 0.1) is 5.92 Å². The maximum Gasteiger partial charge on any atom is 0.308 e. The van der Waals surface area contributed by atoms with Crippen molar-refractivity contribution in [2.75, 3.05) is 0 Å². The van der Waals surface area contributed by atoms with Crippen molar-refractivity contribution in [3.8, 4) is 0 Å². The molecule has 0 unspecified atom stereocenters. The predicted octanol–water partition coefficient (Wildman–Crippen LogP) is 0.289. The highest BCUT2D eigenvalue weighted by Gasteiger charge is 2.37. The number of rotatable bonds is 3. The molecule has 1 saturated carbocycles. The fraction of sp³-hybridized carbons (Fsp3) is 0.778. The van der Waals surface area contributed by atoms with E-state index in [4.69, 9.17) is 15.9 Å². The summed E-state index contributed by atoms with van der Waals surface area (Å²) >= 11 is 0. The molecule has 0 aromatic heterocycles. The van der Waals surface area contributed by atoms with Gasteiger partial charge in [0.15, 0.2) is 0 Å². The van der Waals surface area contributed by atoms with Crippen LogP contribution in [0.4, 0.5) is 0 Å². The molecule has 1 fully saturated rings. The van der Waals surface area contributed by atoms with Crippen LogP contribution in [0.1, 0.15) is 25.7 Å². The van der Waals surface area contributed by atoms with Crippen molar-refractivity contribution in [1.82, 2.24) is 0 Å². The third kappa shape index (κ3) is 2.45. The highest BCUT2D eigenvalue weighted by molar-refractivity contribution is 5.73. The SMILES string of the molecule is N[C@H]1CCC[C@@H](CC(=O)O)[C@@H]1C(=O)O. The maximum absolute atomic E-state index is 10.9. The van der Waals surface area contributed by atoms with Gasteiger partial charge in [-0.1, -0.05) is 6.42 Å². The number of nitrogens with two attached hydrogens (primary N) is 1. The van der Waals surface area contributed by atoms with Crippen LogP contribution < -0.4 is 5.73 Å². The zero-order valence-electron chi connectivity index (χ0n) is 7.85. The van der Waals surface area contributed by atoms with Crippen LogP contribution in [0.3, 0.4) is 0 Å². The normalized spacial score (nSPS) is 32.5. The molecule has 0 radical (unpaired) electrons. The third-order valence-corrected chi connectivity index (χ3v) is 2.80. The van der Waals surface area contributed by atoms with Gasteiger partial charge >= 0.3 is 11.9 Å². The van der Waals surface area contributed by atoms with E-state index in [1.54, 1.807) is 0 Å². The van der Waals surface area contributed by atoms with E-state index in [0.717, 1.165) is 6.42 Å². The summed E-state index contributed by atoms with van der Waals surface area (Å²) in [5, 5.41) is 17.5. The standard InChI is InChI=1S/C9H15NO4/c10-6-3-1-2-5(4-7(11)12)8(6)9(13)14/h5-6,8H,1-4,10H2,(H,11,12)(H,13,14)/t5-,6-,8-/m0/s1. The molecular weight excluding hydrogens is 186 g/mol. The first-order valence-electron chi connectivity index (χ1n) is 4.72. The molecule has 80 valence electrons. The van der Waals surface area contributed by atoms with Crippen LogP contribution in [0, 0.1) is 11.8 Å². The maximum atomic E-state index is 10.9. The number of hydrogen-bond donors (Lipinski definition) is 3. The molecule has 5 nitrogen and oxygen atoms in total. The Morgan fingerprint density at radius 2 is 1.93 bits per heavy atom. The predicted molar refractivity (Wildman–Crippen MR) is 48.7 cm³/mol. The summed E-state index contributed by atoms with van der Waals surface area (Å²) in [6.45, 7) is 0. The Labute approximate surface area is 81.9 Å². The second-order valence-electron chi connectivity index (χ2n) is 3.82. The van der Waals surface area contributed by atoms with Crippen molar-refractivity contribution in [2.24, 2.45) is 17.6 Å². The topological polar surface area (TPSA) is 101 Å². The second-order valence-corrected chi connectivity index (χ2v) is 3.82. The average molecular weight is 201 g/mol. The van der Waals surface area contributed by atoms with Crippen LogP contribution in [0.15, 0.2) is 0 Å². The average Bonchev–Trinajstić information content (AvgIpc) is 2.01. The Hall–Kier alpha value is -1.10. The van der Waals surface area contributed by atoms with Crippen LogP contribution in [0.2, 0.25) is 0 Å². The first-order chi connectivity index (χ1) is 6.52. The van der Waals surface area contributed by atoms with E-state index in [-0.39, 0.29) is 12.3 Å². The molecule has 0 amide bonds. The number of aliphatic carboxylic acids is 2. The molecular formula is C9H15NO4. The van der Waals surface area contributed by atoms with Crippen LogP contribution in [0.5, 0.6) is 0 Å². The molecule has 5 heteroatoms.